The summed E-state index contributed by atoms with van der Waals surface area (Å²) in [7, 11) is 0. The van der Waals surface area contributed by atoms with Crippen LogP contribution in [0.1, 0.15) is 26.2 Å². The molecule has 0 aromatic rings. The van der Waals surface area contributed by atoms with Gasteiger partial charge in [-0.1, -0.05) is 0 Å². The van der Waals surface area contributed by atoms with Crippen molar-refractivity contribution in [2.24, 2.45) is 0 Å². The Bertz CT molecular complexity index is 184. The number of nitrogens with zero attached hydrogens (tertiary/aromatic N) is 1. The van der Waals surface area contributed by atoms with Crippen molar-refractivity contribution < 1.29 is 14.6 Å². The molecular formula is C10H19NO3. The normalized spacial score (nSPS) is 22.4. The molecule has 4 nitrogen and oxygen atoms in total. The maximum Gasteiger partial charge on any atom is 0.222 e. The molecule has 1 amide bonds. The molecule has 1 aliphatic heterocycles. The summed E-state index contributed by atoms with van der Waals surface area (Å²) in [5.41, 5.74) is 0. The van der Waals surface area contributed by atoms with Crippen LogP contribution in [-0.2, 0) is 9.53 Å². The molecule has 0 saturated carbocycles. The number of aliphatic hydroxyl groups is 1. The van der Waals surface area contributed by atoms with Gasteiger partial charge in [0.15, 0.2) is 0 Å². The van der Waals surface area contributed by atoms with Gasteiger partial charge in [0.2, 0.25) is 5.91 Å². The van der Waals surface area contributed by atoms with Gasteiger partial charge in [-0.25, -0.2) is 0 Å². The first-order chi connectivity index (χ1) is 6.75. The van der Waals surface area contributed by atoms with Gasteiger partial charge in [-0.15, -0.1) is 0 Å². The molecule has 1 aliphatic rings. The van der Waals surface area contributed by atoms with E-state index in [1.165, 1.54) is 0 Å². The lowest BCUT2D eigenvalue weighted by atomic mass is 10.2. The highest BCUT2D eigenvalue weighted by molar-refractivity contribution is 5.76. The molecule has 0 spiro atoms. The van der Waals surface area contributed by atoms with Gasteiger partial charge in [-0.3, -0.25) is 4.79 Å². The summed E-state index contributed by atoms with van der Waals surface area (Å²) in [6, 6.07) is 0.199. The monoisotopic (exact) mass is 201 g/mol. The van der Waals surface area contributed by atoms with Crippen LogP contribution < -0.4 is 0 Å². The van der Waals surface area contributed by atoms with Crippen LogP contribution in [0.5, 0.6) is 0 Å². The van der Waals surface area contributed by atoms with E-state index >= 15 is 0 Å². The van der Waals surface area contributed by atoms with Crippen molar-refractivity contribution in [1.29, 1.82) is 0 Å². The van der Waals surface area contributed by atoms with Crippen molar-refractivity contribution in [1.82, 2.24) is 4.90 Å². The van der Waals surface area contributed by atoms with E-state index in [0.29, 0.717) is 32.6 Å². The van der Waals surface area contributed by atoms with E-state index in [2.05, 4.69) is 0 Å². The first-order valence-corrected chi connectivity index (χ1v) is 5.23. The van der Waals surface area contributed by atoms with Gasteiger partial charge >= 0.3 is 0 Å². The minimum absolute atomic E-state index is 0.173. The summed E-state index contributed by atoms with van der Waals surface area (Å²) in [4.78, 5) is 13.5. The van der Waals surface area contributed by atoms with Crippen molar-refractivity contribution >= 4 is 5.91 Å². The van der Waals surface area contributed by atoms with Crippen molar-refractivity contribution in [2.45, 2.75) is 32.2 Å². The van der Waals surface area contributed by atoms with Crippen LogP contribution >= 0.6 is 0 Å². The summed E-state index contributed by atoms with van der Waals surface area (Å²) in [5, 5.41) is 8.60. The fourth-order valence-electron chi connectivity index (χ4n) is 1.63. The number of aliphatic hydroxyl groups excluding tert-OH is 1. The lowest BCUT2D eigenvalue weighted by molar-refractivity contribution is -0.139. The minimum Gasteiger partial charge on any atom is -0.396 e. The Morgan fingerprint density at radius 1 is 1.57 bits per heavy atom. The van der Waals surface area contributed by atoms with Crippen LogP contribution in [0.4, 0.5) is 0 Å². The molecule has 0 bridgehead atoms. The molecular weight excluding hydrogens is 182 g/mol. The number of hydrogen-bond acceptors (Lipinski definition) is 3. The van der Waals surface area contributed by atoms with Crippen LogP contribution in [0.15, 0.2) is 0 Å². The molecule has 82 valence electrons. The van der Waals surface area contributed by atoms with Gasteiger partial charge in [-0.05, 0) is 19.8 Å². The van der Waals surface area contributed by atoms with Crippen LogP contribution in [0.25, 0.3) is 0 Å². The molecule has 0 radical (unpaired) electrons. The maximum atomic E-state index is 11.7. The van der Waals surface area contributed by atoms with Crippen LogP contribution in [0, 0.1) is 0 Å². The molecule has 1 atom stereocenters. The molecule has 1 N–H and O–H groups in total. The van der Waals surface area contributed by atoms with Gasteiger partial charge in [-0.2, -0.15) is 0 Å². The largest absolute Gasteiger partial charge is 0.396 e. The van der Waals surface area contributed by atoms with E-state index in [1.807, 2.05) is 11.8 Å². The standard InChI is InChI=1S/C10H19NO3/c1-9-8-14-7-5-11(9)10(13)4-2-3-6-12/h9,12H,2-8H2,1H3. The van der Waals surface area contributed by atoms with Crippen molar-refractivity contribution in [3.05, 3.63) is 0 Å². The molecule has 0 aromatic carbocycles. The highest BCUT2D eigenvalue weighted by atomic mass is 16.5. The number of carbonyl (C=O) groups is 1. The second kappa shape index (κ2) is 5.98. The van der Waals surface area contributed by atoms with Gasteiger partial charge in [0.05, 0.1) is 19.3 Å². The third-order valence-corrected chi connectivity index (χ3v) is 2.49. The zero-order valence-corrected chi connectivity index (χ0v) is 8.74. The first kappa shape index (κ1) is 11.5. The Hall–Kier alpha value is -0.610. The summed E-state index contributed by atoms with van der Waals surface area (Å²) >= 11 is 0. The fourth-order valence-corrected chi connectivity index (χ4v) is 1.63. The Morgan fingerprint density at radius 3 is 3.00 bits per heavy atom. The highest BCUT2D eigenvalue weighted by Gasteiger charge is 2.22. The number of hydrogen-bond donors (Lipinski definition) is 1. The van der Waals surface area contributed by atoms with Gasteiger partial charge in [0.1, 0.15) is 0 Å². The zero-order chi connectivity index (χ0) is 10.4. The lowest BCUT2D eigenvalue weighted by Gasteiger charge is -2.33. The molecule has 14 heavy (non-hydrogen) atoms. The van der Waals surface area contributed by atoms with Gasteiger partial charge in [0.25, 0.3) is 0 Å². The first-order valence-electron chi connectivity index (χ1n) is 5.23. The third kappa shape index (κ3) is 3.27. The minimum atomic E-state index is 0.173. The van der Waals surface area contributed by atoms with E-state index in [4.69, 9.17) is 9.84 Å². The molecule has 1 fully saturated rings. The lowest BCUT2D eigenvalue weighted by Crippen LogP contribution is -2.47. The molecule has 0 aromatic heterocycles. The molecule has 4 heteroatoms. The Morgan fingerprint density at radius 2 is 2.36 bits per heavy atom. The van der Waals surface area contributed by atoms with E-state index < -0.39 is 0 Å². The summed E-state index contributed by atoms with van der Waals surface area (Å²) < 4.78 is 5.25. The Labute approximate surface area is 84.8 Å². The third-order valence-electron chi connectivity index (χ3n) is 2.49. The van der Waals surface area contributed by atoms with Crippen LogP contribution in [-0.4, -0.2) is 48.3 Å². The molecule has 1 heterocycles. The van der Waals surface area contributed by atoms with Crippen LogP contribution in [0.3, 0.4) is 0 Å². The Balaban J connectivity index is 2.27. The van der Waals surface area contributed by atoms with Crippen LogP contribution in [0.2, 0.25) is 0 Å². The second-order valence-electron chi connectivity index (χ2n) is 3.69. The molecule has 1 saturated heterocycles. The topological polar surface area (TPSA) is 49.8 Å². The summed E-state index contributed by atoms with van der Waals surface area (Å²) in [5.74, 6) is 0.189. The number of unbranched alkanes of at least 4 members (excludes halogenated alkanes) is 1. The highest BCUT2D eigenvalue weighted by Crippen LogP contribution is 2.09. The van der Waals surface area contributed by atoms with Gasteiger partial charge in [0, 0.05) is 19.6 Å². The van der Waals surface area contributed by atoms with Crippen molar-refractivity contribution in [3.8, 4) is 0 Å². The summed E-state index contributed by atoms with van der Waals surface area (Å²) in [6.07, 6.45) is 2.04. The predicted octanol–water partition coefficient (Wildman–Crippen LogP) is 0.396. The second-order valence-corrected chi connectivity index (χ2v) is 3.69. The smallest absolute Gasteiger partial charge is 0.222 e. The number of carbonyl (C=O) groups excluding carboxylic acids is 1. The number of morpholine rings is 1. The van der Waals surface area contributed by atoms with Crippen molar-refractivity contribution in [3.63, 3.8) is 0 Å². The molecule has 0 aliphatic carbocycles. The quantitative estimate of drug-likeness (QED) is 0.670. The zero-order valence-electron chi connectivity index (χ0n) is 8.74. The van der Waals surface area contributed by atoms with Crippen molar-refractivity contribution in [2.75, 3.05) is 26.4 Å². The predicted molar refractivity (Wildman–Crippen MR) is 52.9 cm³/mol. The molecule has 1 rings (SSSR count). The summed E-state index contributed by atoms with van der Waals surface area (Å²) in [6.45, 7) is 4.18. The van der Waals surface area contributed by atoms with Gasteiger partial charge < -0.3 is 14.7 Å². The van der Waals surface area contributed by atoms with E-state index in [-0.39, 0.29) is 18.6 Å². The van der Waals surface area contributed by atoms with E-state index in [1.54, 1.807) is 0 Å². The number of amides is 1. The number of rotatable bonds is 4. The SMILES string of the molecule is CC1COCCN1C(=O)CCCCO. The fraction of sp³-hybridized carbons (Fsp3) is 0.900. The van der Waals surface area contributed by atoms with E-state index in [0.717, 1.165) is 6.42 Å². The number of ether oxygens (including phenoxy) is 1. The Kier molecular flexibility index (Phi) is 4.90. The average Bonchev–Trinajstić information content (AvgIpc) is 2.18. The van der Waals surface area contributed by atoms with E-state index in [9.17, 15) is 4.79 Å². The maximum absolute atomic E-state index is 11.7. The average molecular weight is 201 g/mol. The molecule has 1 unspecified atom stereocenters.